The van der Waals surface area contributed by atoms with E-state index in [0.717, 1.165) is 15.6 Å². The highest BCUT2D eigenvalue weighted by Gasteiger charge is 2.29. The van der Waals surface area contributed by atoms with E-state index in [2.05, 4.69) is 19.9 Å². The summed E-state index contributed by atoms with van der Waals surface area (Å²) in [6.07, 6.45) is 7.50. The lowest BCUT2D eigenvalue weighted by molar-refractivity contribution is 0.414. The Morgan fingerprint density at radius 3 is 2.62 bits per heavy atom. The summed E-state index contributed by atoms with van der Waals surface area (Å²) in [4.78, 5) is 24.3. The van der Waals surface area contributed by atoms with Crippen molar-refractivity contribution in [3.63, 3.8) is 0 Å². The molecule has 204 valence electrons. The van der Waals surface area contributed by atoms with Crippen LogP contribution in [0.25, 0.3) is 16.7 Å². The standard InChI is InChI=1S/C26H31N9O3S/c1-17-11-20(13-21(12-17)38-6)35(18(2)26-29-9-10-34(26)39(36,37)33(4)5)24-8-7-22-25(32-24)31-23(16-30-22)19(14-27)15-28-3/h7-16,18H,27H2,1-6H3/b19-14+,28-15?. The SMILES string of the molecule is CN=C/C(=C\N)c1cnc2ccc(N(c3cc(C)cc(OC)c3)C(C)c3nccn3S(=O)(=O)N(C)C)nc2n1. The quantitative estimate of drug-likeness (QED) is 0.311. The molecule has 1 aromatic carbocycles. The Balaban J connectivity index is 1.93. The number of hydrogen-bond acceptors (Lipinski definition) is 10. The molecule has 0 saturated heterocycles. The van der Waals surface area contributed by atoms with Gasteiger partial charge in [-0.15, -0.1) is 0 Å². The van der Waals surface area contributed by atoms with Gasteiger partial charge in [-0.3, -0.25) is 9.98 Å². The largest absolute Gasteiger partial charge is 0.497 e. The zero-order valence-electron chi connectivity index (χ0n) is 22.6. The normalized spacial score (nSPS) is 13.4. The van der Waals surface area contributed by atoms with Gasteiger partial charge in [0.05, 0.1) is 25.0 Å². The Kier molecular flexibility index (Phi) is 7.93. The van der Waals surface area contributed by atoms with Crippen molar-refractivity contribution in [2.45, 2.75) is 19.9 Å². The van der Waals surface area contributed by atoms with Crippen LogP contribution in [0.3, 0.4) is 0 Å². The second-order valence-corrected chi connectivity index (χ2v) is 10.9. The van der Waals surface area contributed by atoms with Gasteiger partial charge in [-0.25, -0.2) is 18.9 Å². The summed E-state index contributed by atoms with van der Waals surface area (Å²) >= 11 is 0. The Morgan fingerprint density at radius 1 is 1.18 bits per heavy atom. The van der Waals surface area contributed by atoms with E-state index in [1.807, 2.05) is 49.1 Å². The molecular weight excluding hydrogens is 518 g/mol. The van der Waals surface area contributed by atoms with E-state index in [1.54, 1.807) is 26.6 Å². The first-order valence-corrected chi connectivity index (χ1v) is 13.4. The van der Waals surface area contributed by atoms with Gasteiger partial charge in [-0.2, -0.15) is 12.7 Å². The first kappa shape index (κ1) is 27.7. The second kappa shape index (κ2) is 11.2. The predicted molar refractivity (Wildman–Crippen MR) is 152 cm³/mol. The minimum absolute atomic E-state index is 0.304. The Bertz CT molecular complexity index is 1660. The lowest BCUT2D eigenvalue weighted by Crippen LogP contribution is -2.33. The summed E-state index contributed by atoms with van der Waals surface area (Å²) in [5.74, 6) is 1.46. The van der Waals surface area contributed by atoms with Crippen LogP contribution in [0.4, 0.5) is 11.5 Å². The summed E-state index contributed by atoms with van der Waals surface area (Å²) in [6.45, 7) is 3.81. The van der Waals surface area contributed by atoms with Crippen molar-refractivity contribution in [3.05, 3.63) is 72.2 Å². The smallest absolute Gasteiger partial charge is 0.308 e. The van der Waals surface area contributed by atoms with Crippen LogP contribution in [0.15, 0.2) is 60.1 Å². The number of allylic oxidation sites excluding steroid dienone is 1. The van der Waals surface area contributed by atoms with E-state index >= 15 is 0 Å². The van der Waals surface area contributed by atoms with Crippen LogP contribution in [-0.4, -0.2) is 71.1 Å². The molecule has 0 aliphatic carbocycles. The first-order valence-electron chi connectivity index (χ1n) is 12.0. The minimum Gasteiger partial charge on any atom is -0.497 e. The van der Waals surface area contributed by atoms with E-state index in [1.165, 1.54) is 36.7 Å². The van der Waals surface area contributed by atoms with Crippen molar-refractivity contribution in [2.24, 2.45) is 10.7 Å². The van der Waals surface area contributed by atoms with Crippen LogP contribution in [0, 0.1) is 6.92 Å². The zero-order valence-corrected chi connectivity index (χ0v) is 23.5. The third kappa shape index (κ3) is 5.45. The lowest BCUT2D eigenvalue weighted by Gasteiger charge is -2.31. The number of nitrogens with two attached hydrogens (primary N) is 1. The number of pyridine rings is 1. The minimum atomic E-state index is -3.82. The van der Waals surface area contributed by atoms with Crippen molar-refractivity contribution >= 4 is 44.7 Å². The van der Waals surface area contributed by atoms with Crippen LogP contribution in [0.5, 0.6) is 5.75 Å². The highest BCUT2D eigenvalue weighted by atomic mass is 32.2. The summed E-state index contributed by atoms with van der Waals surface area (Å²) < 4.78 is 34.0. The van der Waals surface area contributed by atoms with E-state index in [0.29, 0.717) is 39.8 Å². The fourth-order valence-corrected chi connectivity index (χ4v) is 5.11. The average Bonchev–Trinajstić information content (AvgIpc) is 3.42. The van der Waals surface area contributed by atoms with Gasteiger partial charge in [0.25, 0.3) is 0 Å². The molecule has 0 fully saturated rings. The molecule has 12 nitrogen and oxygen atoms in total. The number of nitrogens with zero attached hydrogens (tertiary/aromatic N) is 8. The summed E-state index contributed by atoms with van der Waals surface area (Å²) in [5.41, 5.74) is 9.54. The van der Waals surface area contributed by atoms with Gasteiger partial charge in [0.2, 0.25) is 0 Å². The van der Waals surface area contributed by atoms with E-state index < -0.39 is 16.3 Å². The first-order chi connectivity index (χ1) is 18.6. The van der Waals surface area contributed by atoms with Crippen LogP contribution in [0.2, 0.25) is 0 Å². The van der Waals surface area contributed by atoms with Gasteiger partial charge < -0.3 is 15.4 Å². The summed E-state index contributed by atoms with van der Waals surface area (Å²) in [5, 5.41) is 0. The van der Waals surface area contributed by atoms with Gasteiger partial charge in [-0.05, 0) is 43.7 Å². The van der Waals surface area contributed by atoms with E-state index in [-0.39, 0.29) is 0 Å². The van der Waals surface area contributed by atoms with Crippen LogP contribution in [0.1, 0.15) is 30.0 Å². The van der Waals surface area contributed by atoms with Crippen LogP contribution in [-0.2, 0) is 10.2 Å². The van der Waals surface area contributed by atoms with E-state index in [4.69, 9.17) is 15.5 Å². The molecule has 0 amide bonds. The van der Waals surface area contributed by atoms with Crippen molar-refractivity contribution in [3.8, 4) is 5.75 Å². The molecule has 2 N–H and O–H groups in total. The third-order valence-electron chi connectivity index (χ3n) is 6.04. The number of hydrogen-bond donors (Lipinski definition) is 1. The lowest BCUT2D eigenvalue weighted by atomic mass is 10.1. The molecule has 0 aliphatic heterocycles. The highest BCUT2D eigenvalue weighted by molar-refractivity contribution is 7.87. The molecule has 3 heterocycles. The average molecular weight is 550 g/mol. The maximum atomic E-state index is 13.1. The highest BCUT2D eigenvalue weighted by Crippen LogP contribution is 2.37. The fraction of sp³-hybridized carbons (Fsp3) is 0.269. The number of ether oxygens (including phenoxy) is 1. The third-order valence-corrected chi connectivity index (χ3v) is 7.77. The molecule has 39 heavy (non-hydrogen) atoms. The van der Waals surface area contributed by atoms with Gasteiger partial charge in [0, 0.05) is 63.3 Å². The topological polar surface area (TPSA) is 145 Å². The van der Waals surface area contributed by atoms with Gasteiger partial charge in [-0.1, -0.05) is 0 Å². The second-order valence-electron chi connectivity index (χ2n) is 8.90. The molecule has 0 aliphatic rings. The molecule has 4 rings (SSSR count). The van der Waals surface area contributed by atoms with E-state index in [9.17, 15) is 8.42 Å². The summed E-state index contributed by atoms with van der Waals surface area (Å²) in [7, 11) is 2.36. The number of benzene rings is 1. The molecular formula is C26H31N9O3S. The molecule has 3 aromatic heterocycles. The maximum Gasteiger partial charge on any atom is 0.308 e. The van der Waals surface area contributed by atoms with Crippen molar-refractivity contribution in [1.82, 2.24) is 28.2 Å². The Hall–Kier alpha value is -4.36. The number of methoxy groups -OCH3 is 1. The molecule has 13 heteroatoms. The van der Waals surface area contributed by atoms with Gasteiger partial charge >= 0.3 is 10.2 Å². The Labute approximate surface area is 227 Å². The predicted octanol–water partition coefficient (Wildman–Crippen LogP) is 3.09. The monoisotopic (exact) mass is 549 g/mol. The molecule has 0 saturated carbocycles. The molecule has 1 unspecified atom stereocenters. The number of aromatic nitrogens is 5. The molecule has 4 aromatic rings. The van der Waals surface area contributed by atoms with Crippen LogP contribution < -0.4 is 15.4 Å². The molecule has 0 radical (unpaired) electrons. The fourth-order valence-electron chi connectivity index (χ4n) is 4.12. The van der Waals surface area contributed by atoms with Crippen LogP contribution >= 0.6 is 0 Å². The molecule has 0 spiro atoms. The van der Waals surface area contributed by atoms with Crippen molar-refractivity contribution in [1.29, 1.82) is 0 Å². The number of fused-ring (bicyclic) bond motifs is 1. The number of anilines is 2. The number of imidazole rings is 1. The summed E-state index contributed by atoms with van der Waals surface area (Å²) in [6, 6.07) is 8.78. The maximum absolute atomic E-state index is 13.1. The number of rotatable bonds is 9. The molecule has 1 atom stereocenters. The van der Waals surface area contributed by atoms with Crippen molar-refractivity contribution < 1.29 is 13.2 Å². The van der Waals surface area contributed by atoms with Gasteiger partial charge in [0.15, 0.2) is 5.65 Å². The Morgan fingerprint density at radius 2 is 1.95 bits per heavy atom. The zero-order chi connectivity index (χ0) is 28.3. The van der Waals surface area contributed by atoms with Gasteiger partial charge in [0.1, 0.15) is 22.9 Å². The number of aryl methyl sites for hydroxylation is 1. The van der Waals surface area contributed by atoms with Crippen molar-refractivity contribution in [2.75, 3.05) is 33.2 Å². The molecule has 0 bridgehead atoms. The number of aliphatic imine (C=N–C) groups is 1.